The molecule has 0 atom stereocenters. The average molecular weight is 374 g/mol. The number of nitrogens with one attached hydrogen (secondary N) is 1. The molecule has 4 aromatic rings. The highest BCUT2D eigenvalue weighted by Gasteiger charge is 2.30. The first-order valence-electron chi connectivity index (χ1n) is 8.40. The Morgan fingerprint density at radius 3 is 2.79 bits per heavy atom. The maximum atomic E-state index is 14.1. The van der Waals surface area contributed by atoms with Gasteiger partial charge in [-0.15, -0.1) is 0 Å². The van der Waals surface area contributed by atoms with Gasteiger partial charge in [0.15, 0.2) is 11.5 Å². The number of anilines is 1. The van der Waals surface area contributed by atoms with Gasteiger partial charge >= 0.3 is 0 Å². The number of hydrogen-bond acceptors (Lipinski definition) is 6. The van der Waals surface area contributed by atoms with E-state index < -0.39 is 11.7 Å². The van der Waals surface area contributed by atoms with Crippen LogP contribution in [0.3, 0.4) is 0 Å². The number of ketones is 1. The molecular formula is C19H11FN6O2. The predicted octanol–water partition coefficient (Wildman–Crippen LogP) is 2.21. The highest BCUT2D eigenvalue weighted by molar-refractivity contribution is 6.51. The minimum absolute atomic E-state index is 0.127. The van der Waals surface area contributed by atoms with Crippen LogP contribution >= 0.6 is 0 Å². The Morgan fingerprint density at radius 1 is 1.07 bits per heavy atom. The molecule has 1 aliphatic heterocycles. The minimum Gasteiger partial charge on any atom is -0.303 e. The first-order chi connectivity index (χ1) is 13.6. The number of carbonyl (C=O) groups is 2. The van der Waals surface area contributed by atoms with E-state index in [1.807, 2.05) is 6.07 Å². The number of halogens is 1. The molecule has 0 bridgehead atoms. The molecule has 0 saturated heterocycles. The van der Waals surface area contributed by atoms with Crippen molar-refractivity contribution in [3.8, 4) is 11.5 Å². The van der Waals surface area contributed by atoms with Crippen LogP contribution in [0.2, 0.25) is 0 Å². The summed E-state index contributed by atoms with van der Waals surface area (Å²) >= 11 is 0. The molecule has 0 unspecified atom stereocenters. The number of pyridine rings is 1. The van der Waals surface area contributed by atoms with Crippen molar-refractivity contribution in [3.05, 3.63) is 65.7 Å². The zero-order valence-corrected chi connectivity index (χ0v) is 14.3. The van der Waals surface area contributed by atoms with Crippen LogP contribution in [0.25, 0.3) is 22.6 Å². The van der Waals surface area contributed by atoms with Crippen molar-refractivity contribution in [3.63, 3.8) is 0 Å². The maximum Gasteiger partial charge on any atom is 0.298 e. The number of aromatic nitrogens is 5. The molecule has 1 aromatic carbocycles. The van der Waals surface area contributed by atoms with Crippen molar-refractivity contribution < 1.29 is 14.0 Å². The van der Waals surface area contributed by atoms with Gasteiger partial charge in [0.2, 0.25) is 0 Å². The molecule has 0 aliphatic carbocycles. The lowest BCUT2D eigenvalue weighted by atomic mass is 10.2. The minimum atomic E-state index is -0.738. The molecule has 0 fully saturated rings. The monoisotopic (exact) mass is 374 g/mol. The van der Waals surface area contributed by atoms with Crippen LogP contribution in [-0.2, 0) is 11.3 Å². The van der Waals surface area contributed by atoms with Gasteiger partial charge in [0.05, 0.1) is 17.5 Å². The normalized spacial score (nSPS) is 13.0. The van der Waals surface area contributed by atoms with Crippen molar-refractivity contribution in [1.82, 2.24) is 24.7 Å². The third-order valence-electron chi connectivity index (χ3n) is 4.47. The number of benzene rings is 1. The second kappa shape index (κ2) is 6.02. The lowest BCUT2D eigenvalue weighted by Crippen LogP contribution is -2.12. The SMILES string of the molecule is O=C1Nc2nc(-c3nn(Cc4ccccc4F)c4ncccc34)ncc2C1=O. The lowest BCUT2D eigenvalue weighted by molar-refractivity contribution is -0.112. The van der Waals surface area contributed by atoms with Crippen LogP contribution in [0.4, 0.5) is 10.2 Å². The second-order valence-corrected chi connectivity index (χ2v) is 6.21. The number of rotatable bonds is 3. The van der Waals surface area contributed by atoms with Crippen molar-refractivity contribution in [2.75, 3.05) is 5.32 Å². The Balaban J connectivity index is 1.64. The summed E-state index contributed by atoms with van der Waals surface area (Å²) in [5, 5.41) is 7.62. The van der Waals surface area contributed by atoms with Gasteiger partial charge in [-0.3, -0.25) is 9.59 Å². The van der Waals surface area contributed by atoms with Crippen LogP contribution in [0.5, 0.6) is 0 Å². The Morgan fingerprint density at radius 2 is 1.93 bits per heavy atom. The van der Waals surface area contributed by atoms with E-state index in [1.165, 1.54) is 12.3 Å². The maximum absolute atomic E-state index is 14.1. The van der Waals surface area contributed by atoms with Gasteiger partial charge in [0.1, 0.15) is 17.3 Å². The Labute approximate surface area is 157 Å². The van der Waals surface area contributed by atoms with Gasteiger partial charge in [-0.25, -0.2) is 24.0 Å². The molecule has 4 heterocycles. The number of amides is 1. The van der Waals surface area contributed by atoms with Gasteiger partial charge in [-0.05, 0) is 18.2 Å². The summed E-state index contributed by atoms with van der Waals surface area (Å²) < 4.78 is 15.6. The van der Waals surface area contributed by atoms with E-state index in [4.69, 9.17) is 0 Å². The number of Topliss-reactive ketones (excluding diaryl/α,β-unsaturated/α-hetero) is 1. The first-order valence-corrected chi connectivity index (χ1v) is 8.40. The Hall–Kier alpha value is -4.01. The summed E-state index contributed by atoms with van der Waals surface area (Å²) in [5.74, 6) is -1.35. The van der Waals surface area contributed by atoms with Gasteiger partial charge in [-0.2, -0.15) is 5.10 Å². The summed E-state index contributed by atoms with van der Waals surface area (Å²) in [6.45, 7) is 0.181. The van der Waals surface area contributed by atoms with Gasteiger partial charge in [0.25, 0.3) is 11.7 Å². The molecule has 1 aliphatic rings. The molecule has 1 amide bonds. The molecule has 0 spiro atoms. The summed E-state index contributed by atoms with van der Waals surface area (Å²) in [4.78, 5) is 36.1. The van der Waals surface area contributed by atoms with E-state index in [2.05, 4.69) is 25.4 Å². The van der Waals surface area contributed by atoms with Crippen LogP contribution in [0, 0.1) is 5.82 Å². The van der Waals surface area contributed by atoms with E-state index in [1.54, 1.807) is 35.1 Å². The van der Waals surface area contributed by atoms with Crippen molar-refractivity contribution in [2.24, 2.45) is 0 Å². The summed E-state index contributed by atoms with van der Waals surface area (Å²) in [6.07, 6.45) is 2.92. The molecule has 0 saturated carbocycles. The molecule has 1 N–H and O–H groups in total. The van der Waals surface area contributed by atoms with E-state index in [0.29, 0.717) is 22.3 Å². The predicted molar refractivity (Wildman–Crippen MR) is 97.0 cm³/mol. The van der Waals surface area contributed by atoms with Gasteiger partial charge < -0.3 is 5.32 Å². The fourth-order valence-corrected chi connectivity index (χ4v) is 3.12. The van der Waals surface area contributed by atoms with Crippen LogP contribution in [0.1, 0.15) is 15.9 Å². The van der Waals surface area contributed by atoms with E-state index in [-0.39, 0.29) is 29.6 Å². The van der Waals surface area contributed by atoms with Crippen molar-refractivity contribution in [2.45, 2.75) is 6.54 Å². The molecular weight excluding hydrogens is 363 g/mol. The summed E-state index contributed by atoms with van der Waals surface area (Å²) in [6, 6.07) is 10.00. The third-order valence-corrected chi connectivity index (χ3v) is 4.47. The zero-order valence-electron chi connectivity index (χ0n) is 14.3. The molecule has 28 heavy (non-hydrogen) atoms. The number of hydrogen-bond donors (Lipinski definition) is 1. The molecule has 0 radical (unpaired) electrons. The fraction of sp³-hybridized carbons (Fsp3) is 0.0526. The second-order valence-electron chi connectivity index (χ2n) is 6.21. The topological polar surface area (TPSA) is 103 Å². The number of carbonyl (C=O) groups excluding carboxylic acids is 2. The fourth-order valence-electron chi connectivity index (χ4n) is 3.12. The van der Waals surface area contributed by atoms with Gasteiger partial charge in [-0.1, -0.05) is 18.2 Å². The molecule has 9 heteroatoms. The Bertz CT molecular complexity index is 1280. The third kappa shape index (κ3) is 2.44. The van der Waals surface area contributed by atoms with Crippen LogP contribution < -0.4 is 5.32 Å². The van der Waals surface area contributed by atoms with Gasteiger partial charge in [0, 0.05) is 18.0 Å². The standard InChI is InChI=1S/C19H11FN6O2/c20-13-6-2-1-4-10(13)9-26-18-11(5-3-7-21-18)14(25-26)17-22-8-12-15(27)19(28)24-16(12)23-17/h1-8H,9H2,(H,22,23,24,27,28). The largest absolute Gasteiger partial charge is 0.303 e. The van der Waals surface area contributed by atoms with E-state index in [9.17, 15) is 14.0 Å². The quantitative estimate of drug-likeness (QED) is 0.552. The van der Waals surface area contributed by atoms with Crippen LogP contribution in [-0.4, -0.2) is 36.4 Å². The number of fused-ring (bicyclic) bond motifs is 2. The average Bonchev–Trinajstić information content (AvgIpc) is 3.21. The zero-order chi connectivity index (χ0) is 19.3. The lowest BCUT2D eigenvalue weighted by Gasteiger charge is -2.04. The highest BCUT2D eigenvalue weighted by atomic mass is 19.1. The van der Waals surface area contributed by atoms with E-state index >= 15 is 0 Å². The molecule has 3 aromatic heterocycles. The number of nitrogens with zero attached hydrogens (tertiary/aromatic N) is 5. The van der Waals surface area contributed by atoms with Crippen LogP contribution in [0.15, 0.2) is 48.8 Å². The highest BCUT2D eigenvalue weighted by Crippen LogP contribution is 2.28. The van der Waals surface area contributed by atoms with Crippen molar-refractivity contribution in [1.29, 1.82) is 0 Å². The Kier molecular flexibility index (Phi) is 3.48. The van der Waals surface area contributed by atoms with Crippen molar-refractivity contribution >= 4 is 28.5 Å². The first kappa shape index (κ1) is 16.2. The summed E-state index contributed by atoms with van der Waals surface area (Å²) in [5.41, 5.74) is 1.57. The summed E-state index contributed by atoms with van der Waals surface area (Å²) in [7, 11) is 0. The molecule has 8 nitrogen and oxygen atoms in total. The molecule has 5 rings (SSSR count). The smallest absolute Gasteiger partial charge is 0.298 e. The van der Waals surface area contributed by atoms with E-state index in [0.717, 1.165) is 0 Å². The molecule has 136 valence electrons.